The van der Waals surface area contributed by atoms with Crippen molar-refractivity contribution in [2.75, 3.05) is 31.1 Å². The number of hydrogen-bond donors (Lipinski definition) is 0. The molecule has 0 bridgehead atoms. The normalized spacial score (nSPS) is 18.9. The summed E-state index contributed by atoms with van der Waals surface area (Å²) in [4.78, 5) is 4.52. The van der Waals surface area contributed by atoms with E-state index in [1.807, 2.05) is 0 Å². The van der Waals surface area contributed by atoms with Crippen LogP contribution in [0.5, 0.6) is 0 Å². The summed E-state index contributed by atoms with van der Waals surface area (Å²) in [7, 11) is 0. The summed E-state index contributed by atoms with van der Waals surface area (Å²) >= 11 is 1.58. The van der Waals surface area contributed by atoms with Gasteiger partial charge in [-0.15, -0.1) is 10.2 Å². The Morgan fingerprint density at radius 2 is 2.24 bits per heavy atom. The maximum atomic E-state index is 9.13. The third-order valence-electron chi connectivity index (χ3n) is 3.09. The quantitative estimate of drug-likeness (QED) is 0.808. The summed E-state index contributed by atoms with van der Waals surface area (Å²) in [5.74, 6) is 0. The molecule has 6 heteroatoms. The molecule has 2 heterocycles. The molecule has 0 radical (unpaired) electrons. The van der Waals surface area contributed by atoms with Crippen LogP contribution in [0.1, 0.15) is 19.8 Å². The van der Waals surface area contributed by atoms with Crippen LogP contribution in [0, 0.1) is 11.3 Å². The van der Waals surface area contributed by atoms with Crippen LogP contribution in [0.25, 0.3) is 0 Å². The van der Waals surface area contributed by atoms with Gasteiger partial charge >= 0.3 is 0 Å². The predicted molar refractivity (Wildman–Crippen MR) is 68.0 cm³/mol. The minimum absolute atomic E-state index is 0.0802. The first-order valence-corrected chi connectivity index (χ1v) is 6.88. The first kappa shape index (κ1) is 12.3. The van der Waals surface area contributed by atoms with Crippen molar-refractivity contribution in [2.24, 2.45) is 0 Å². The number of aromatic nitrogens is 2. The molecule has 1 unspecified atom stereocenters. The summed E-state index contributed by atoms with van der Waals surface area (Å²) < 4.78 is 0. The molecular formula is C11H17N5S. The highest BCUT2D eigenvalue weighted by atomic mass is 32.1. The van der Waals surface area contributed by atoms with Gasteiger partial charge in [-0.1, -0.05) is 24.7 Å². The van der Waals surface area contributed by atoms with Gasteiger partial charge in [0, 0.05) is 26.2 Å². The molecule has 0 amide bonds. The van der Waals surface area contributed by atoms with E-state index in [0.29, 0.717) is 0 Å². The summed E-state index contributed by atoms with van der Waals surface area (Å²) in [5.41, 5.74) is 1.76. The molecule has 1 aliphatic rings. The molecule has 1 aliphatic heterocycles. The summed E-state index contributed by atoms with van der Waals surface area (Å²) in [5, 5.41) is 18.1. The van der Waals surface area contributed by atoms with Gasteiger partial charge in [-0.2, -0.15) is 5.26 Å². The van der Waals surface area contributed by atoms with Crippen molar-refractivity contribution in [1.82, 2.24) is 15.1 Å². The Morgan fingerprint density at radius 3 is 2.76 bits per heavy atom. The monoisotopic (exact) mass is 251 g/mol. The standard InChI is InChI=1S/C11H17N5S/c1-2-3-10(8-12)15-4-6-16(7-5-15)11-14-13-9-17-11/h9-10H,2-7H2,1H3. The molecule has 0 aliphatic carbocycles. The number of rotatable bonds is 4. The van der Waals surface area contributed by atoms with Crippen LogP contribution in [0.3, 0.4) is 0 Å². The Hall–Kier alpha value is -1.19. The fourth-order valence-corrected chi connectivity index (χ4v) is 2.75. The van der Waals surface area contributed by atoms with Crippen molar-refractivity contribution in [3.8, 4) is 6.07 Å². The van der Waals surface area contributed by atoms with E-state index in [0.717, 1.165) is 44.2 Å². The highest BCUT2D eigenvalue weighted by Gasteiger charge is 2.24. The van der Waals surface area contributed by atoms with Gasteiger partial charge in [0.25, 0.3) is 0 Å². The maximum absolute atomic E-state index is 9.13. The minimum Gasteiger partial charge on any atom is -0.344 e. The number of nitrogens with zero attached hydrogens (tertiary/aromatic N) is 5. The lowest BCUT2D eigenvalue weighted by Crippen LogP contribution is -2.50. The fourth-order valence-electron chi connectivity index (χ4n) is 2.13. The van der Waals surface area contributed by atoms with Crippen LogP contribution in [0.2, 0.25) is 0 Å². The van der Waals surface area contributed by atoms with Crippen molar-refractivity contribution in [1.29, 1.82) is 5.26 Å². The van der Waals surface area contributed by atoms with Crippen molar-refractivity contribution >= 4 is 16.5 Å². The molecule has 0 saturated carbocycles. The Balaban J connectivity index is 1.87. The van der Waals surface area contributed by atoms with E-state index in [9.17, 15) is 0 Å². The Morgan fingerprint density at radius 1 is 1.47 bits per heavy atom. The zero-order valence-electron chi connectivity index (χ0n) is 10.0. The lowest BCUT2D eigenvalue weighted by molar-refractivity contribution is 0.211. The second-order valence-electron chi connectivity index (χ2n) is 4.18. The molecule has 1 aromatic heterocycles. The molecule has 92 valence electrons. The molecule has 2 rings (SSSR count). The molecule has 1 atom stereocenters. The van der Waals surface area contributed by atoms with Gasteiger partial charge in [0.1, 0.15) is 5.51 Å². The molecule has 0 aromatic carbocycles. The SMILES string of the molecule is CCCC(C#N)N1CCN(c2nncs2)CC1. The third-order valence-corrected chi connectivity index (χ3v) is 3.84. The van der Waals surface area contributed by atoms with Gasteiger partial charge in [0.05, 0.1) is 12.1 Å². The van der Waals surface area contributed by atoms with E-state index in [4.69, 9.17) is 5.26 Å². The maximum Gasteiger partial charge on any atom is 0.208 e. The fraction of sp³-hybridized carbons (Fsp3) is 0.727. The first-order chi connectivity index (χ1) is 8.35. The topological polar surface area (TPSA) is 56.1 Å². The van der Waals surface area contributed by atoms with Crippen molar-refractivity contribution in [3.63, 3.8) is 0 Å². The number of nitriles is 1. The lowest BCUT2D eigenvalue weighted by Gasteiger charge is -2.36. The average molecular weight is 251 g/mol. The van der Waals surface area contributed by atoms with Crippen LogP contribution in [-0.4, -0.2) is 47.3 Å². The zero-order chi connectivity index (χ0) is 12.1. The second kappa shape index (κ2) is 5.94. The van der Waals surface area contributed by atoms with E-state index >= 15 is 0 Å². The molecule has 17 heavy (non-hydrogen) atoms. The highest BCUT2D eigenvalue weighted by Crippen LogP contribution is 2.19. The molecule has 1 fully saturated rings. The van der Waals surface area contributed by atoms with E-state index in [1.165, 1.54) is 0 Å². The van der Waals surface area contributed by atoms with Crippen LogP contribution < -0.4 is 4.90 Å². The smallest absolute Gasteiger partial charge is 0.208 e. The summed E-state index contributed by atoms with van der Waals surface area (Å²) in [6.45, 7) is 5.89. The van der Waals surface area contributed by atoms with Crippen molar-refractivity contribution in [3.05, 3.63) is 5.51 Å². The van der Waals surface area contributed by atoms with Gasteiger partial charge in [0.15, 0.2) is 0 Å². The Labute approximate surface area is 106 Å². The lowest BCUT2D eigenvalue weighted by atomic mass is 10.1. The third kappa shape index (κ3) is 2.93. The van der Waals surface area contributed by atoms with Crippen LogP contribution in [0.4, 0.5) is 5.13 Å². The highest BCUT2D eigenvalue weighted by molar-refractivity contribution is 7.13. The van der Waals surface area contributed by atoms with Gasteiger partial charge in [-0.25, -0.2) is 0 Å². The minimum atomic E-state index is 0.0802. The number of hydrogen-bond acceptors (Lipinski definition) is 6. The van der Waals surface area contributed by atoms with Gasteiger partial charge in [-0.3, -0.25) is 4.90 Å². The second-order valence-corrected chi connectivity index (χ2v) is 4.99. The van der Waals surface area contributed by atoms with E-state index < -0.39 is 0 Å². The predicted octanol–water partition coefficient (Wildman–Crippen LogP) is 1.35. The van der Waals surface area contributed by atoms with Crippen LogP contribution >= 0.6 is 11.3 Å². The van der Waals surface area contributed by atoms with Gasteiger partial charge in [0.2, 0.25) is 5.13 Å². The van der Waals surface area contributed by atoms with E-state index in [2.05, 4.69) is 33.0 Å². The largest absolute Gasteiger partial charge is 0.344 e. The number of piperazine rings is 1. The van der Waals surface area contributed by atoms with Crippen molar-refractivity contribution < 1.29 is 0 Å². The zero-order valence-corrected chi connectivity index (χ0v) is 10.9. The molecule has 1 saturated heterocycles. The molecular weight excluding hydrogens is 234 g/mol. The van der Waals surface area contributed by atoms with Crippen LogP contribution in [-0.2, 0) is 0 Å². The van der Waals surface area contributed by atoms with Gasteiger partial charge in [-0.05, 0) is 6.42 Å². The number of anilines is 1. The Bertz CT molecular complexity index is 364. The van der Waals surface area contributed by atoms with E-state index in [1.54, 1.807) is 16.8 Å². The summed E-state index contributed by atoms with van der Waals surface area (Å²) in [6, 6.07) is 2.48. The molecule has 0 N–H and O–H groups in total. The molecule has 1 aromatic rings. The van der Waals surface area contributed by atoms with Gasteiger partial charge < -0.3 is 4.90 Å². The van der Waals surface area contributed by atoms with E-state index in [-0.39, 0.29) is 6.04 Å². The first-order valence-electron chi connectivity index (χ1n) is 6.00. The average Bonchev–Trinajstić information content (AvgIpc) is 2.90. The van der Waals surface area contributed by atoms with Crippen LogP contribution in [0.15, 0.2) is 5.51 Å². The molecule has 0 spiro atoms. The summed E-state index contributed by atoms with van der Waals surface area (Å²) in [6.07, 6.45) is 2.03. The Kier molecular flexibility index (Phi) is 4.29. The van der Waals surface area contributed by atoms with Crippen molar-refractivity contribution in [2.45, 2.75) is 25.8 Å². The molecule has 5 nitrogen and oxygen atoms in total.